The quantitative estimate of drug-likeness (QED) is 0.811. The Kier molecular flexibility index (Phi) is 5.08. The van der Waals surface area contributed by atoms with E-state index in [0.717, 1.165) is 50.1 Å². The predicted molar refractivity (Wildman–Crippen MR) is 97.0 cm³/mol. The van der Waals surface area contributed by atoms with Crippen molar-refractivity contribution < 1.29 is 14.3 Å². The van der Waals surface area contributed by atoms with Gasteiger partial charge in [-0.25, -0.2) is 0 Å². The first-order valence-electron chi connectivity index (χ1n) is 9.50. The number of carbonyl (C=O) groups excluding carboxylic acids is 2. The van der Waals surface area contributed by atoms with E-state index in [1.54, 1.807) is 11.3 Å². The molecule has 0 unspecified atom stereocenters. The first-order valence-corrected chi connectivity index (χ1v) is 10.3. The van der Waals surface area contributed by atoms with Crippen molar-refractivity contribution in [2.45, 2.75) is 38.5 Å². The van der Waals surface area contributed by atoms with Crippen molar-refractivity contribution in [1.82, 2.24) is 9.80 Å². The average Bonchev–Trinajstić information content (AvgIpc) is 3.11. The maximum atomic E-state index is 12.8. The van der Waals surface area contributed by atoms with E-state index in [2.05, 4.69) is 4.90 Å². The lowest BCUT2D eigenvalue weighted by Crippen LogP contribution is -2.41. The Bertz CT molecular complexity index is 645. The van der Waals surface area contributed by atoms with Crippen LogP contribution in [0.4, 0.5) is 0 Å². The summed E-state index contributed by atoms with van der Waals surface area (Å²) in [5.41, 5.74) is 1.23. The molecule has 3 heterocycles. The minimum absolute atomic E-state index is 0.103. The first kappa shape index (κ1) is 17.0. The SMILES string of the molecule is O=C(c1cc2c(s1)CC[C@@H](C(=O)N1CCCCC1)C2)N1CCOCC1. The number of nitrogens with zero attached hydrogens (tertiary/aromatic N) is 2. The molecule has 0 N–H and O–H groups in total. The summed E-state index contributed by atoms with van der Waals surface area (Å²) in [5, 5.41) is 0. The zero-order chi connectivity index (χ0) is 17.2. The maximum Gasteiger partial charge on any atom is 0.264 e. The number of thiophene rings is 1. The Hall–Kier alpha value is -1.40. The van der Waals surface area contributed by atoms with E-state index in [1.807, 2.05) is 11.0 Å². The van der Waals surface area contributed by atoms with E-state index in [0.29, 0.717) is 32.2 Å². The van der Waals surface area contributed by atoms with Gasteiger partial charge in [0.15, 0.2) is 0 Å². The molecular weight excluding hydrogens is 336 g/mol. The van der Waals surface area contributed by atoms with E-state index < -0.39 is 0 Å². The summed E-state index contributed by atoms with van der Waals surface area (Å²) in [4.78, 5) is 31.6. The van der Waals surface area contributed by atoms with Gasteiger partial charge in [0.25, 0.3) is 5.91 Å². The Labute approximate surface area is 152 Å². The molecule has 1 atom stereocenters. The number of hydrogen-bond acceptors (Lipinski definition) is 4. The van der Waals surface area contributed by atoms with Gasteiger partial charge in [0, 0.05) is 37.0 Å². The van der Waals surface area contributed by atoms with Gasteiger partial charge in [-0.05, 0) is 50.2 Å². The lowest BCUT2D eigenvalue weighted by atomic mass is 9.87. The van der Waals surface area contributed by atoms with Crippen LogP contribution in [-0.2, 0) is 22.4 Å². The van der Waals surface area contributed by atoms with Crippen molar-refractivity contribution in [2.24, 2.45) is 5.92 Å². The summed E-state index contributed by atoms with van der Waals surface area (Å²) in [5.74, 6) is 0.561. The van der Waals surface area contributed by atoms with Gasteiger partial charge in [0.05, 0.1) is 18.1 Å². The third-order valence-electron chi connectivity index (χ3n) is 5.61. The molecule has 2 aliphatic heterocycles. The van der Waals surface area contributed by atoms with Crippen molar-refractivity contribution in [3.63, 3.8) is 0 Å². The van der Waals surface area contributed by atoms with Crippen molar-refractivity contribution in [3.05, 3.63) is 21.4 Å². The molecule has 0 radical (unpaired) electrons. The number of hydrogen-bond donors (Lipinski definition) is 0. The number of ether oxygens (including phenoxy) is 1. The fraction of sp³-hybridized carbons (Fsp3) is 0.684. The van der Waals surface area contributed by atoms with Crippen LogP contribution in [-0.4, -0.2) is 61.0 Å². The van der Waals surface area contributed by atoms with Gasteiger partial charge >= 0.3 is 0 Å². The molecule has 4 rings (SSSR count). The molecule has 5 nitrogen and oxygen atoms in total. The second-order valence-corrected chi connectivity index (χ2v) is 8.43. The zero-order valence-corrected chi connectivity index (χ0v) is 15.5. The smallest absolute Gasteiger partial charge is 0.264 e. The van der Waals surface area contributed by atoms with Gasteiger partial charge in [-0.3, -0.25) is 9.59 Å². The van der Waals surface area contributed by atoms with Crippen LogP contribution in [0.1, 0.15) is 45.8 Å². The van der Waals surface area contributed by atoms with Gasteiger partial charge < -0.3 is 14.5 Å². The van der Waals surface area contributed by atoms with E-state index >= 15 is 0 Å². The Morgan fingerprint density at radius 3 is 2.56 bits per heavy atom. The van der Waals surface area contributed by atoms with Gasteiger partial charge in [-0.15, -0.1) is 11.3 Å². The Morgan fingerprint density at radius 2 is 1.80 bits per heavy atom. The lowest BCUT2D eigenvalue weighted by molar-refractivity contribution is -0.136. The number of morpholine rings is 1. The molecule has 25 heavy (non-hydrogen) atoms. The van der Waals surface area contributed by atoms with Gasteiger partial charge in [-0.1, -0.05) is 0 Å². The minimum atomic E-state index is 0.103. The standard InChI is InChI=1S/C19H26N2O3S/c22-18(20-6-2-1-3-7-20)14-4-5-16-15(12-14)13-17(25-16)19(23)21-8-10-24-11-9-21/h13-14H,1-12H2/t14-/m1/s1. The monoisotopic (exact) mass is 362 g/mol. The molecule has 2 saturated heterocycles. The molecule has 6 heteroatoms. The van der Waals surface area contributed by atoms with Crippen LogP contribution >= 0.6 is 11.3 Å². The summed E-state index contributed by atoms with van der Waals surface area (Å²) in [6, 6.07) is 2.05. The summed E-state index contributed by atoms with van der Waals surface area (Å²) in [6.07, 6.45) is 6.18. The number of piperidine rings is 1. The third-order valence-corrected chi connectivity index (χ3v) is 6.83. The van der Waals surface area contributed by atoms with Crippen LogP contribution in [0.5, 0.6) is 0 Å². The van der Waals surface area contributed by atoms with Gasteiger partial charge in [-0.2, -0.15) is 0 Å². The molecule has 2 amide bonds. The summed E-state index contributed by atoms with van der Waals surface area (Å²) in [6.45, 7) is 4.46. The molecule has 136 valence electrons. The predicted octanol–water partition coefficient (Wildman–Crippen LogP) is 2.34. The van der Waals surface area contributed by atoms with Crippen molar-refractivity contribution >= 4 is 23.2 Å². The number of rotatable bonds is 2. The molecule has 1 aromatic heterocycles. The topological polar surface area (TPSA) is 49.9 Å². The number of amides is 2. The second-order valence-electron chi connectivity index (χ2n) is 7.29. The van der Waals surface area contributed by atoms with Crippen molar-refractivity contribution in [3.8, 4) is 0 Å². The largest absolute Gasteiger partial charge is 0.378 e. The first-order chi connectivity index (χ1) is 12.2. The van der Waals surface area contributed by atoms with Crippen LogP contribution in [0.25, 0.3) is 0 Å². The number of likely N-dealkylation sites (tertiary alicyclic amines) is 1. The van der Waals surface area contributed by atoms with Crippen LogP contribution < -0.4 is 0 Å². The number of aryl methyl sites for hydroxylation is 1. The molecule has 2 fully saturated rings. The third kappa shape index (κ3) is 3.60. The molecule has 0 saturated carbocycles. The minimum Gasteiger partial charge on any atom is -0.378 e. The molecule has 0 spiro atoms. The molecular formula is C19H26N2O3S. The highest BCUT2D eigenvalue weighted by atomic mass is 32.1. The fourth-order valence-corrected chi connectivity index (χ4v) is 5.31. The Balaban J connectivity index is 1.43. The second kappa shape index (κ2) is 7.46. The summed E-state index contributed by atoms with van der Waals surface area (Å²) in [7, 11) is 0. The van der Waals surface area contributed by atoms with E-state index in [1.165, 1.54) is 16.9 Å². The fourth-order valence-electron chi connectivity index (χ4n) is 4.13. The van der Waals surface area contributed by atoms with Crippen LogP contribution in [0.2, 0.25) is 0 Å². The average molecular weight is 362 g/mol. The van der Waals surface area contributed by atoms with Gasteiger partial charge in [0.2, 0.25) is 5.91 Å². The van der Waals surface area contributed by atoms with E-state index in [-0.39, 0.29) is 11.8 Å². The number of fused-ring (bicyclic) bond motifs is 1. The van der Waals surface area contributed by atoms with Crippen LogP contribution in [0.15, 0.2) is 6.07 Å². The van der Waals surface area contributed by atoms with Crippen LogP contribution in [0, 0.1) is 5.92 Å². The maximum absolute atomic E-state index is 12.8. The highest BCUT2D eigenvalue weighted by Crippen LogP contribution is 2.34. The summed E-state index contributed by atoms with van der Waals surface area (Å²) < 4.78 is 5.33. The zero-order valence-electron chi connectivity index (χ0n) is 14.7. The molecule has 1 aliphatic carbocycles. The Morgan fingerprint density at radius 1 is 1.04 bits per heavy atom. The van der Waals surface area contributed by atoms with E-state index in [9.17, 15) is 9.59 Å². The lowest BCUT2D eigenvalue weighted by Gasteiger charge is -2.31. The van der Waals surface area contributed by atoms with Crippen LogP contribution in [0.3, 0.4) is 0 Å². The number of carbonyl (C=O) groups is 2. The normalized spacial score (nSPS) is 24.1. The molecule has 3 aliphatic rings. The summed E-state index contributed by atoms with van der Waals surface area (Å²) >= 11 is 1.63. The van der Waals surface area contributed by atoms with E-state index in [4.69, 9.17) is 4.74 Å². The highest BCUT2D eigenvalue weighted by Gasteiger charge is 2.31. The molecule has 0 aromatic carbocycles. The van der Waals surface area contributed by atoms with Crippen molar-refractivity contribution in [2.75, 3.05) is 39.4 Å². The molecule has 0 bridgehead atoms. The molecule has 1 aromatic rings. The van der Waals surface area contributed by atoms with Gasteiger partial charge in [0.1, 0.15) is 0 Å². The van der Waals surface area contributed by atoms with Crippen molar-refractivity contribution in [1.29, 1.82) is 0 Å². The highest BCUT2D eigenvalue weighted by molar-refractivity contribution is 7.14.